The maximum Gasteiger partial charge on any atom is 0.269 e. The number of aliphatic hydroxyl groups excluding tert-OH is 1. The van der Waals surface area contributed by atoms with Crippen LogP contribution in [0.3, 0.4) is 0 Å². The van der Waals surface area contributed by atoms with E-state index in [1.165, 1.54) is 6.92 Å². The van der Waals surface area contributed by atoms with Crippen LogP contribution in [0.5, 0.6) is 0 Å². The second-order valence-electron chi connectivity index (χ2n) is 5.08. The molecule has 0 aromatic carbocycles. The molecule has 1 fully saturated rings. The SMILES string of the molecule is CC(=O)Nc1nnc(S(=O)(=O)NCC2CCC(O)CC2)s1. The maximum absolute atomic E-state index is 12.1. The molecule has 1 saturated carbocycles. The molecule has 1 aliphatic rings. The van der Waals surface area contributed by atoms with E-state index in [2.05, 4.69) is 20.2 Å². The Kier molecular flexibility index (Phi) is 5.25. The predicted molar refractivity (Wildman–Crippen MR) is 77.4 cm³/mol. The van der Waals surface area contributed by atoms with E-state index in [1.54, 1.807) is 0 Å². The first kappa shape index (κ1) is 16.3. The van der Waals surface area contributed by atoms with E-state index in [4.69, 9.17) is 0 Å². The van der Waals surface area contributed by atoms with Crippen LogP contribution in [-0.2, 0) is 14.8 Å². The molecule has 0 saturated heterocycles. The van der Waals surface area contributed by atoms with E-state index in [9.17, 15) is 18.3 Å². The number of aromatic nitrogens is 2. The van der Waals surface area contributed by atoms with Crippen LogP contribution >= 0.6 is 11.3 Å². The molecule has 3 N–H and O–H groups in total. The Morgan fingerprint density at radius 3 is 2.62 bits per heavy atom. The van der Waals surface area contributed by atoms with Gasteiger partial charge in [-0.15, -0.1) is 10.2 Å². The molecule has 8 nitrogen and oxygen atoms in total. The summed E-state index contributed by atoms with van der Waals surface area (Å²) in [7, 11) is -3.71. The van der Waals surface area contributed by atoms with Crippen LogP contribution in [-0.4, -0.2) is 42.3 Å². The molecular formula is C11H18N4O4S2. The highest BCUT2D eigenvalue weighted by Gasteiger charge is 2.24. The first-order valence-electron chi connectivity index (χ1n) is 6.65. The monoisotopic (exact) mass is 334 g/mol. The normalized spacial score (nSPS) is 23.0. The first-order valence-corrected chi connectivity index (χ1v) is 8.95. The number of carbonyl (C=O) groups is 1. The zero-order valence-corrected chi connectivity index (χ0v) is 13.2. The van der Waals surface area contributed by atoms with E-state index in [1.807, 2.05) is 0 Å². The van der Waals surface area contributed by atoms with Gasteiger partial charge in [-0.3, -0.25) is 4.79 Å². The van der Waals surface area contributed by atoms with Gasteiger partial charge in [0.25, 0.3) is 10.0 Å². The fraction of sp³-hybridized carbons (Fsp3) is 0.727. The minimum atomic E-state index is -3.71. The topological polar surface area (TPSA) is 121 Å². The molecule has 0 radical (unpaired) electrons. The van der Waals surface area contributed by atoms with Crippen molar-refractivity contribution in [3.63, 3.8) is 0 Å². The van der Waals surface area contributed by atoms with Gasteiger partial charge in [-0.25, -0.2) is 13.1 Å². The van der Waals surface area contributed by atoms with Crippen LogP contribution in [0.4, 0.5) is 5.13 Å². The maximum atomic E-state index is 12.1. The summed E-state index contributed by atoms with van der Waals surface area (Å²) in [5.41, 5.74) is 0. The lowest BCUT2D eigenvalue weighted by atomic mass is 9.88. The second-order valence-corrected chi connectivity index (χ2v) is 8.00. The van der Waals surface area contributed by atoms with Crippen molar-refractivity contribution in [2.75, 3.05) is 11.9 Å². The fourth-order valence-electron chi connectivity index (χ4n) is 2.16. The quantitative estimate of drug-likeness (QED) is 0.667. The molecule has 0 aliphatic heterocycles. The summed E-state index contributed by atoms with van der Waals surface area (Å²) in [6.07, 6.45) is 2.75. The number of nitrogens with zero attached hydrogens (tertiary/aromatic N) is 2. The molecule has 1 aromatic rings. The minimum absolute atomic E-state index is 0.156. The van der Waals surface area contributed by atoms with Crippen LogP contribution in [0.2, 0.25) is 0 Å². The van der Waals surface area contributed by atoms with Crippen molar-refractivity contribution in [1.29, 1.82) is 0 Å². The van der Waals surface area contributed by atoms with Crippen molar-refractivity contribution >= 4 is 32.4 Å². The third-order valence-electron chi connectivity index (χ3n) is 3.30. The summed E-state index contributed by atoms with van der Waals surface area (Å²) in [6, 6.07) is 0. The zero-order chi connectivity index (χ0) is 15.5. The smallest absolute Gasteiger partial charge is 0.269 e. The third kappa shape index (κ3) is 4.70. The summed E-state index contributed by atoms with van der Waals surface area (Å²) in [6.45, 7) is 1.63. The summed E-state index contributed by atoms with van der Waals surface area (Å²) in [5.74, 6) is -0.102. The van der Waals surface area contributed by atoms with Crippen molar-refractivity contribution < 1.29 is 18.3 Å². The van der Waals surface area contributed by atoms with Gasteiger partial charge in [0, 0.05) is 13.5 Å². The molecule has 0 bridgehead atoms. The molecule has 0 spiro atoms. The molecule has 1 aliphatic carbocycles. The Morgan fingerprint density at radius 2 is 2.00 bits per heavy atom. The number of aliphatic hydroxyl groups is 1. The number of anilines is 1. The van der Waals surface area contributed by atoms with E-state index < -0.39 is 10.0 Å². The van der Waals surface area contributed by atoms with E-state index >= 15 is 0 Å². The van der Waals surface area contributed by atoms with Crippen LogP contribution in [0, 0.1) is 5.92 Å². The molecule has 10 heteroatoms. The first-order chi connectivity index (χ1) is 9.87. The Labute approximate surface area is 127 Å². The van der Waals surface area contributed by atoms with Crippen LogP contribution in [0.1, 0.15) is 32.6 Å². The van der Waals surface area contributed by atoms with Gasteiger partial charge in [-0.1, -0.05) is 11.3 Å². The van der Waals surface area contributed by atoms with Gasteiger partial charge >= 0.3 is 0 Å². The lowest BCUT2D eigenvalue weighted by Gasteiger charge is -2.25. The third-order valence-corrected chi connectivity index (χ3v) is 5.93. The Bertz CT molecular complexity index is 593. The Balaban J connectivity index is 1.92. The fourth-order valence-corrected chi connectivity index (χ4v) is 4.26. The van der Waals surface area contributed by atoms with Crippen molar-refractivity contribution in [1.82, 2.24) is 14.9 Å². The average Bonchev–Trinajstić information content (AvgIpc) is 2.86. The highest BCUT2D eigenvalue weighted by Crippen LogP contribution is 2.24. The summed E-state index contributed by atoms with van der Waals surface area (Å²) in [5, 5.41) is 19.2. The van der Waals surface area contributed by atoms with Gasteiger partial charge in [0.1, 0.15) is 0 Å². The molecular weight excluding hydrogens is 316 g/mol. The van der Waals surface area contributed by atoms with Gasteiger partial charge < -0.3 is 10.4 Å². The highest BCUT2D eigenvalue weighted by molar-refractivity contribution is 7.91. The summed E-state index contributed by atoms with van der Waals surface area (Å²) in [4.78, 5) is 10.9. The predicted octanol–water partition coefficient (Wildman–Crippen LogP) is 0.326. The van der Waals surface area contributed by atoms with Gasteiger partial charge in [0.15, 0.2) is 0 Å². The Morgan fingerprint density at radius 1 is 1.33 bits per heavy atom. The number of hydrogen-bond donors (Lipinski definition) is 3. The van der Waals surface area contributed by atoms with Gasteiger partial charge in [0.2, 0.25) is 15.4 Å². The largest absolute Gasteiger partial charge is 0.393 e. The number of amides is 1. The lowest BCUT2D eigenvalue weighted by Crippen LogP contribution is -2.32. The zero-order valence-electron chi connectivity index (χ0n) is 11.6. The summed E-state index contributed by atoms with van der Waals surface area (Å²) >= 11 is 0.811. The molecule has 1 heterocycles. The number of nitrogens with one attached hydrogen (secondary N) is 2. The molecule has 1 amide bonds. The molecule has 21 heavy (non-hydrogen) atoms. The van der Waals surface area contributed by atoms with E-state index in [0.29, 0.717) is 19.4 Å². The van der Waals surface area contributed by atoms with E-state index in [-0.39, 0.29) is 27.4 Å². The highest BCUT2D eigenvalue weighted by atomic mass is 32.2. The average molecular weight is 334 g/mol. The number of sulfonamides is 1. The van der Waals surface area contributed by atoms with Crippen LogP contribution < -0.4 is 10.0 Å². The summed E-state index contributed by atoms with van der Waals surface area (Å²) < 4.78 is 26.5. The van der Waals surface area contributed by atoms with Gasteiger partial charge in [-0.05, 0) is 31.6 Å². The lowest BCUT2D eigenvalue weighted by molar-refractivity contribution is -0.114. The molecule has 0 unspecified atom stereocenters. The van der Waals surface area contributed by atoms with Gasteiger partial charge in [0.05, 0.1) is 6.10 Å². The van der Waals surface area contributed by atoms with Crippen LogP contribution in [0.15, 0.2) is 4.34 Å². The standard InChI is InChI=1S/C11H18N4O4S2/c1-7(16)13-10-14-15-11(20-10)21(18,19)12-6-8-2-4-9(17)5-3-8/h8-9,12,17H,2-6H2,1H3,(H,13,14,16). The molecule has 118 valence electrons. The second kappa shape index (κ2) is 6.77. The van der Waals surface area contributed by atoms with Crippen molar-refractivity contribution in [2.24, 2.45) is 5.92 Å². The molecule has 0 atom stereocenters. The molecule has 1 aromatic heterocycles. The number of hydrogen-bond acceptors (Lipinski definition) is 7. The number of rotatable bonds is 5. The van der Waals surface area contributed by atoms with Crippen molar-refractivity contribution in [3.8, 4) is 0 Å². The van der Waals surface area contributed by atoms with E-state index in [0.717, 1.165) is 24.2 Å². The van der Waals surface area contributed by atoms with Gasteiger partial charge in [-0.2, -0.15) is 0 Å². The minimum Gasteiger partial charge on any atom is -0.393 e. The van der Waals surface area contributed by atoms with Crippen LogP contribution in [0.25, 0.3) is 0 Å². The van der Waals surface area contributed by atoms with Crippen molar-refractivity contribution in [2.45, 2.75) is 43.1 Å². The molecule has 2 rings (SSSR count). The Hall–Kier alpha value is -1.10. The number of carbonyl (C=O) groups excluding carboxylic acids is 1. The van der Waals surface area contributed by atoms with Crippen molar-refractivity contribution in [3.05, 3.63) is 0 Å².